The van der Waals surface area contributed by atoms with Gasteiger partial charge >= 0.3 is 0 Å². The molecule has 0 aliphatic carbocycles. The molecule has 1 unspecified atom stereocenters. The summed E-state index contributed by atoms with van der Waals surface area (Å²) in [6.07, 6.45) is 2.11. The Hall–Kier alpha value is -2.74. The maximum Gasteiger partial charge on any atom is 0.246 e. The molecule has 0 radical (unpaired) electrons. The fourth-order valence-electron chi connectivity index (χ4n) is 5.61. The second-order valence-electron chi connectivity index (χ2n) is 8.52. The van der Waals surface area contributed by atoms with Crippen LogP contribution in [-0.2, 0) is 16.0 Å². The molecule has 3 aliphatic heterocycles. The van der Waals surface area contributed by atoms with Gasteiger partial charge < -0.3 is 4.90 Å². The van der Waals surface area contributed by atoms with Crippen molar-refractivity contribution in [1.82, 2.24) is 19.6 Å². The van der Waals surface area contributed by atoms with E-state index in [0.717, 1.165) is 42.1 Å². The first kappa shape index (κ1) is 20.2. The lowest BCUT2D eigenvalue weighted by Gasteiger charge is -2.52. The van der Waals surface area contributed by atoms with Gasteiger partial charge in [-0.25, -0.2) is 4.68 Å². The van der Waals surface area contributed by atoms with Gasteiger partial charge in [0.1, 0.15) is 5.82 Å². The maximum atomic E-state index is 13.9. The van der Waals surface area contributed by atoms with Gasteiger partial charge in [-0.2, -0.15) is 5.10 Å². The molecule has 1 spiro atoms. The molecule has 1 aromatic carbocycles. The quantitative estimate of drug-likeness (QED) is 0.546. The zero-order valence-electron chi connectivity index (χ0n) is 18.2. The van der Waals surface area contributed by atoms with Gasteiger partial charge in [0.2, 0.25) is 11.8 Å². The Bertz CT molecular complexity index is 1050. The number of aryl methyl sites for hydroxylation is 1. The summed E-state index contributed by atoms with van der Waals surface area (Å²) in [5, 5.41) is 5.17. The highest BCUT2D eigenvalue weighted by atomic mass is 32.1. The number of anilines is 1. The average molecular weight is 438 g/mol. The van der Waals surface area contributed by atoms with E-state index in [1.54, 1.807) is 9.80 Å². The topological polar surface area (TPSA) is 61.7 Å². The largest absolute Gasteiger partial charge is 0.352 e. The van der Waals surface area contributed by atoms with Crippen LogP contribution in [0.5, 0.6) is 0 Å². The molecule has 1 atom stereocenters. The van der Waals surface area contributed by atoms with E-state index in [4.69, 9.17) is 17.3 Å². The van der Waals surface area contributed by atoms with E-state index in [9.17, 15) is 9.59 Å². The monoisotopic (exact) mass is 437 g/mol. The van der Waals surface area contributed by atoms with Gasteiger partial charge in [-0.1, -0.05) is 18.2 Å². The predicted octanol–water partition coefficient (Wildman–Crippen LogP) is 2.69. The number of rotatable bonds is 3. The summed E-state index contributed by atoms with van der Waals surface area (Å²) in [7, 11) is 0. The number of hydrogen-bond acceptors (Lipinski definition) is 5. The van der Waals surface area contributed by atoms with E-state index in [-0.39, 0.29) is 17.9 Å². The van der Waals surface area contributed by atoms with Gasteiger partial charge in [-0.3, -0.25) is 19.4 Å². The highest BCUT2D eigenvalue weighted by Crippen LogP contribution is 2.50. The Morgan fingerprint density at radius 1 is 1.10 bits per heavy atom. The minimum absolute atomic E-state index is 0.149. The third-order valence-corrected chi connectivity index (χ3v) is 7.50. The first-order chi connectivity index (χ1) is 15.0. The number of benzene rings is 1. The first-order valence-corrected chi connectivity index (χ1v) is 11.4. The molecule has 162 valence electrons. The SMILES string of the molecule is CCN1C(=O)C2(Cc3c(C)nn(-c4ccccc4)c3N3CCCC32)C(=O)N(CC)C1=S. The Kier molecular flexibility index (Phi) is 4.66. The number of nitrogens with zero attached hydrogens (tertiary/aromatic N) is 5. The summed E-state index contributed by atoms with van der Waals surface area (Å²) < 4.78 is 1.98. The van der Waals surface area contributed by atoms with Crippen molar-refractivity contribution in [1.29, 1.82) is 0 Å². The fraction of sp³-hybridized carbons (Fsp3) is 0.478. The molecular weight excluding hydrogens is 410 g/mol. The lowest BCUT2D eigenvalue weighted by atomic mass is 9.68. The van der Waals surface area contributed by atoms with Crippen LogP contribution in [0.15, 0.2) is 30.3 Å². The highest BCUT2D eigenvalue weighted by Gasteiger charge is 2.64. The van der Waals surface area contributed by atoms with Gasteiger partial charge in [0.25, 0.3) is 0 Å². The maximum absolute atomic E-state index is 13.9. The van der Waals surface area contributed by atoms with Crippen molar-refractivity contribution in [3.63, 3.8) is 0 Å². The molecule has 1 aromatic heterocycles. The Labute approximate surface area is 187 Å². The third-order valence-electron chi connectivity index (χ3n) is 7.06. The fourth-order valence-corrected chi connectivity index (χ4v) is 6.04. The average Bonchev–Trinajstić information content (AvgIpc) is 3.39. The minimum atomic E-state index is -1.15. The zero-order chi connectivity index (χ0) is 21.9. The van der Waals surface area contributed by atoms with Gasteiger partial charge in [0.15, 0.2) is 10.5 Å². The van der Waals surface area contributed by atoms with E-state index in [1.165, 1.54) is 0 Å². The van der Waals surface area contributed by atoms with Crippen LogP contribution in [-0.4, -0.2) is 62.2 Å². The molecule has 2 saturated heterocycles. The number of carbonyl (C=O) groups excluding carboxylic acids is 2. The normalized spacial score (nSPS) is 22.4. The Morgan fingerprint density at radius 2 is 1.74 bits per heavy atom. The van der Waals surface area contributed by atoms with E-state index in [0.29, 0.717) is 24.6 Å². The van der Waals surface area contributed by atoms with Crippen LogP contribution in [0, 0.1) is 12.3 Å². The van der Waals surface area contributed by atoms with E-state index in [2.05, 4.69) is 4.90 Å². The van der Waals surface area contributed by atoms with Crippen LogP contribution in [0.3, 0.4) is 0 Å². The van der Waals surface area contributed by atoms with E-state index >= 15 is 0 Å². The van der Waals surface area contributed by atoms with Crippen molar-refractivity contribution in [2.24, 2.45) is 5.41 Å². The molecule has 0 saturated carbocycles. The molecule has 8 heteroatoms. The standard InChI is InChI=1S/C23H27N5O2S/c1-4-25-20(29)23(21(30)26(5-2)22(25)31)14-17-15(3)24-28(16-10-7-6-8-11-16)19(17)27-13-9-12-18(23)27/h6-8,10-11,18H,4-5,9,12-14H2,1-3H3. The number of hydrogen-bond donors (Lipinski definition) is 0. The molecule has 2 fully saturated rings. The smallest absolute Gasteiger partial charge is 0.246 e. The van der Waals surface area contributed by atoms with Crippen LogP contribution in [0.1, 0.15) is 37.9 Å². The van der Waals surface area contributed by atoms with Gasteiger partial charge in [0, 0.05) is 31.6 Å². The molecule has 0 N–H and O–H groups in total. The zero-order valence-corrected chi connectivity index (χ0v) is 19.0. The van der Waals surface area contributed by atoms with Crippen LogP contribution in [0.4, 0.5) is 5.82 Å². The number of thiocarbonyl (C=S) groups is 1. The van der Waals surface area contributed by atoms with Crippen LogP contribution >= 0.6 is 12.2 Å². The molecule has 4 heterocycles. The van der Waals surface area contributed by atoms with E-state index < -0.39 is 5.41 Å². The summed E-state index contributed by atoms with van der Waals surface area (Å²) in [4.78, 5) is 33.3. The van der Waals surface area contributed by atoms with Crippen LogP contribution in [0.25, 0.3) is 5.69 Å². The Morgan fingerprint density at radius 3 is 2.35 bits per heavy atom. The van der Waals surface area contributed by atoms with Crippen molar-refractivity contribution < 1.29 is 9.59 Å². The predicted molar refractivity (Wildman–Crippen MR) is 122 cm³/mol. The van der Waals surface area contributed by atoms with Crippen molar-refractivity contribution in [3.05, 3.63) is 41.6 Å². The Balaban J connectivity index is 1.71. The lowest BCUT2D eigenvalue weighted by Crippen LogP contribution is -2.71. The van der Waals surface area contributed by atoms with Crippen molar-refractivity contribution in [2.75, 3.05) is 24.5 Å². The second-order valence-corrected chi connectivity index (χ2v) is 8.88. The summed E-state index contributed by atoms with van der Waals surface area (Å²) in [6, 6.07) is 9.87. The van der Waals surface area contributed by atoms with Crippen molar-refractivity contribution >= 4 is 35.0 Å². The minimum Gasteiger partial charge on any atom is -0.352 e. The molecular formula is C23H27N5O2S. The van der Waals surface area contributed by atoms with Crippen LogP contribution < -0.4 is 4.90 Å². The molecule has 5 rings (SSSR count). The first-order valence-electron chi connectivity index (χ1n) is 11.0. The number of fused-ring (bicyclic) bond motifs is 4. The van der Waals surface area contributed by atoms with Gasteiger partial charge in [-0.05, 0) is 58.0 Å². The number of aromatic nitrogens is 2. The van der Waals surface area contributed by atoms with Crippen LogP contribution in [0.2, 0.25) is 0 Å². The number of amides is 2. The van der Waals surface area contributed by atoms with Gasteiger partial charge in [0.05, 0.1) is 17.4 Å². The number of para-hydroxylation sites is 1. The van der Waals surface area contributed by atoms with Gasteiger partial charge in [-0.15, -0.1) is 0 Å². The molecule has 3 aliphatic rings. The number of carbonyl (C=O) groups is 2. The summed E-state index contributed by atoms with van der Waals surface area (Å²) in [6.45, 7) is 7.54. The summed E-state index contributed by atoms with van der Waals surface area (Å²) in [5.41, 5.74) is 1.70. The molecule has 2 amide bonds. The van der Waals surface area contributed by atoms with E-state index in [1.807, 2.05) is 55.8 Å². The molecule has 2 aromatic rings. The van der Waals surface area contributed by atoms with Crippen molar-refractivity contribution in [3.8, 4) is 5.69 Å². The highest BCUT2D eigenvalue weighted by molar-refractivity contribution is 7.80. The lowest BCUT2D eigenvalue weighted by molar-refractivity contribution is -0.158. The molecule has 7 nitrogen and oxygen atoms in total. The molecule has 31 heavy (non-hydrogen) atoms. The van der Waals surface area contributed by atoms with Crippen molar-refractivity contribution in [2.45, 2.75) is 46.1 Å². The second kappa shape index (κ2) is 7.15. The summed E-state index contributed by atoms with van der Waals surface area (Å²) >= 11 is 5.53. The summed E-state index contributed by atoms with van der Waals surface area (Å²) in [5.74, 6) is 0.727. The molecule has 0 bridgehead atoms. The third kappa shape index (κ3) is 2.57.